The summed E-state index contributed by atoms with van der Waals surface area (Å²) in [7, 11) is 0. The molecule has 6 heteroatoms. The number of carbonyl (C=O) groups is 2. The summed E-state index contributed by atoms with van der Waals surface area (Å²) < 4.78 is 15.9. The van der Waals surface area contributed by atoms with E-state index in [0.717, 1.165) is 5.56 Å². The lowest BCUT2D eigenvalue weighted by atomic mass is 10.2. The van der Waals surface area contributed by atoms with Crippen molar-refractivity contribution in [3.05, 3.63) is 35.9 Å². The molecule has 0 N–H and O–H groups in total. The molecule has 0 unspecified atom stereocenters. The first kappa shape index (κ1) is 17.3. The van der Waals surface area contributed by atoms with Crippen molar-refractivity contribution in [1.82, 2.24) is 4.90 Å². The van der Waals surface area contributed by atoms with Crippen molar-refractivity contribution in [2.45, 2.75) is 39.0 Å². The number of ether oxygens (including phenoxy) is 3. The second-order valence-corrected chi connectivity index (χ2v) is 5.27. The molecule has 6 nitrogen and oxygen atoms in total. The fourth-order valence-corrected chi connectivity index (χ4v) is 2.62. The van der Waals surface area contributed by atoms with Gasteiger partial charge in [0.15, 0.2) is 0 Å². The SMILES string of the molecule is CCOC(=O)[C@@H]1C[C@@H](OCC)CN1C(=O)OCc1ccccc1. The van der Waals surface area contributed by atoms with E-state index in [1.807, 2.05) is 37.3 Å². The molecule has 126 valence electrons. The molecule has 0 aliphatic carbocycles. The van der Waals surface area contributed by atoms with Gasteiger partial charge in [-0.25, -0.2) is 9.59 Å². The van der Waals surface area contributed by atoms with Gasteiger partial charge in [0.2, 0.25) is 0 Å². The lowest BCUT2D eigenvalue weighted by Gasteiger charge is -2.22. The van der Waals surface area contributed by atoms with Gasteiger partial charge in [0.1, 0.15) is 12.6 Å². The van der Waals surface area contributed by atoms with E-state index >= 15 is 0 Å². The van der Waals surface area contributed by atoms with Crippen LogP contribution >= 0.6 is 0 Å². The zero-order chi connectivity index (χ0) is 16.7. The molecule has 0 bridgehead atoms. The Balaban J connectivity index is 1.98. The Bertz CT molecular complexity index is 519. The molecular weight excluding hydrogens is 298 g/mol. The molecule has 2 rings (SSSR count). The Labute approximate surface area is 136 Å². The molecule has 0 spiro atoms. The molecule has 1 fully saturated rings. The van der Waals surface area contributed by atoms with Crippen LogP contribution in [0.5, 0.6) is 0 Å². The van der Waals surface area contributed by atoms with Crippen LogP contribution in [0.25, 0.3) is 0 Å². The second kappa shape index (κ2) is 8.53. The fourth-order valence-electron chi connectivity index (χ4n) is 2.62. The Morgan fingerprint density at radius 1 is 1.13 bits per heavy atom. The van der Waals surface area contributed by atoms with Crippen molar-refractivity contribution >= 4 is 12.1 Å². The molecule has 1 heterocycles. The molecule has 1 aliphatic heterocycles. The number of amides is 1. The van der Waals surface area contributed by atoms with Gasteiger partial charge in [0.05, 0.1) is 19.3 Å². The minimum absolute atomic E-state index is 0.168. The highest BCUT2D eigenvalue weighted by molar-refractivity contribution is 5.82. The number of nitrogens with zero attached hydrogens (tertiary/aromatic N) is 1. The molecule has 2 atom stereocenters. The van der Waals surface area contributed by atoms with Gasteiger partial charge in [-0.15, -0.1) is 0 Å². The molecular formula is C17H23NO5. The first-order chi connectivity index (χ1) is 11.2. The maximum Gasteiger partial charge on any atom is 0.410 e. The number of hydrogen-bond acceptors (Lipinski definition) is 5. The van der Waals surface area contributed by atoms with Crippen LogP contribution in [0.2, 0.25) is 0 Å². The van der Waals surface area contributed by atoms with Crippen molar-refractivity contribution < 1.29 is 23.8 Å². The molecule has 1 amide bonds. The summed E-state index contributed by atoms with van der Waals surface area (Å²) in [5.74, 6) is -0.411. The van der Waals surface area contributed by atoms with E-state index in [-0.39, 0.29) is 19.3 Å². The zero-order valence-electron chi connectivity index (χ0n) is 13.6. The minimum Gasteiger partial charge on any atom is -0.464 e. The Morgan fingerprint density at radius 3 is 2.52 bits per heavy atom. The molecule has 0 saturated carbocycles. The summed E-state index contributed by atoms with van der Waals surface area (Å²) >= 11 is 0. The lowest BCUT2D eigenvalue weighted by molar-refractivity contribution is -0.148. The van der Waals surface area contributed by atoms with Crippen molar-refractivity contribution in [3.8, 4) is 0 Å². The number of likely N-dealkylation sites (tertiary alicyclic amines) is 1. The third-order valence-corrected chi connectivity index (χ3v) is 3.66. The third kappa shape index (κ3) is 4.69. The summed E-state index contributed by atoms with van der Waals surface area (Å²) in [5, 5.41) is 0. The summed E-state index contributed by atoms with van der Waals surface area (Å²) in [4.78, 5) is 25.8. The lowest BCUT2D eigenvalue weighted by Crippen LogP contribution is -2.41. The zero-order valence-corrected chi connectivity index (χ0v) is 13.6. The molecule has 0 radical (unpaired) electrons. The third-order valence-electron chi connectivity index (χ3n) is 3.66. The van der Waals surface area contributed by atoms with Gasteiger partial charge in [0, 0.05) is 13.0 Å². The van der Waals surface area contributed by atoms with Crippen LogP contribution in [-0.2, 0) is 25.6 Å². The van der Waals surface area contributed by atoms with Gasteiger partial charge in [-0.05, 0) is 19.4 Å². The number of carbonyl (C=O) groups excluding carboxylic acids is 2. The fraction of sp³-hybridized carbons (Fsp3) is 0.529. The van der Waals surface area contributed by atoms with E-state index in [1.54, 1.807) is 6.92 Å². The number of esters is 1. The van der Waals surface area contributed by atoms with E-state index < -0.39 is 18.1 Å². The van der Waals surface area contributed by atoms with Crippen molar-refractivity contribution in [1.29, 1.82) is 0 Å². The molecule has 1 aliphatic rings. The molecule has 1 aromatic carbocycles. The summed E-state index contributed by atoms with van der Waals surface area (Å²) in [5.41, 5.74) is 0.897. The quantitative estimate of drug-likeness (QED) is 0.753. The molecule has 1 saturated heterocycles. The number of rotatable bonds is 6. The van der Waals surface area contributed by atoms with Crippen LogP contribution in [0.15, 0.2) is 30.3 Å². The monoisotopic (exact) mass is 321 g/mol. The standard InChI is InChI=1S/C17H23NO5/c1-3-21-14-10-15(16(19)22-4-2)18(11-14)17(20)23-12-13-8-6-5-7-9-13/h5-9,14-15H,3-4,10-12H2,1-2H3/t14-,15+/m1/s1. The smallest absolute Gasteiger partial charge is 0.410 e. The van der Waals surface area contributed by atoms with E-state index in [9.17, 15) is 9.59 Å². The van der Waals surface area contributed by atoms with E-state index in [2.05, 4.69) is 0 Å². The highest BCUT2D eigenvalue weighted by Crippen LogP contribution is 2.23. The Morgan fingerprint density at radius 2 is 1.87 bits per heavy atom. The van der Waals surface area contributed by atoms with Crippen LogP contribution in [0.3, 0.4) is 0 Å². The summed E-state index contributed by atoms with van der Waals surface area (Å²) in [6.45, 7) is 4.95. The van der Waals surface area contributed by atoms with Crippen LogP contribution in [-0.4, -0.2) is 48.9 Å². The normalized spacial score (nSPS) is 20.3. The highest BCUT2D eigenvalue weighted by Gasteiger charge is 2.41. The van der Waals surface area contributed by atoms with Crippen LogP contribution in [0, 0.1) is 0 Å². The van der Waals surface area contributed by atoms with Gasteiger partial charge < -0.3 is 14.2 Å². The largest absolute Gasteiger partial charge is 0.464 e. The average molecular weight is 321 g/mol. The van der Waals surface area contributed by atoms with E-state index in [4.69, 9.17) is 14.2 Å². The molecule has 1 aromatic rings. The maximum absolute atomic E-state index is 12.3. The number of benzene rings is 1. The predicted molar refractivity (Wildman–Crippen MR) is 83.8 cm³/mol. The first-order valence-electron chi connectivity index (χ1n) is 7.91. The van der Waals surface area contributed by atoms with Gasteiger partial charge in [-0.3, -0.25) is 4.90 Å². The second-order valence-electron chi connectivity index (χ2n) is 5.27. The molecule has 0 aromatic heterocycles. The van der Waals surface area contributed by atoms with E-state index in [1.165, 1.54) is 4.90 Å². The number of hydrogen-bond donors (Lipinski definition) is 0. The van der Waals surface area contributed by atoms with Crippen LogP contribution < -0.4 is 0 Å². The summed E-state index contributed by atoms with van der Waals surface area (Å²) in [6, 6.07) is 8.77. The Kier molecular flexibility index (Phi) is 6.40. The van der Waals surface area contributed by atoms with Crippen molar-refractivity contribution in [2.24, 2.45) is 0 Å². The maximum atomic E-state index is 12.3. The van der Waals surface area contributed by atoms with Gasteiger partial charge in [0.25, 0.3) is 0 Å². The first-order valence-corrected chi connectivity index (χ1v) is 7.91. The molecule has 23 heavy (non-hydrogen) atoms. The predicted octanol–water partition coefficient (Wildman–Crippen LogP) is 2.37. The topological polar surface area (TPSA) is 65.1 Å². The van der Waals surface area contributed by atoms with Crippen LogP contribution in [0.1, 0.15) is 25.8 Å². The van der Waals surface area contributed by atoms with Crippen molar-refractivity contribution in [3.63, 3.8) is 0 Å². The van der Waals surface area contributed by atoms with Gasteiger partial charge in [-0.2, -0.15) is 0 Å². The minimum atomic E-state index is -0.644. The van der Waals surface area contributed by atoms with E-state index in [0.29, 0.717) is 19.6 Å². The van der Waals surface area contributed by atoms with Crippen LogP contribution in [0.4, 0.5) is 4.79 Å². The Hall–Kier alpha value is -2.08. The highest BCUT2D eigenvalue weighted by atomic mass is 16.6. The van der Waals surface area contributed by atoms with Crippen molar-refractivity contribution in [2.75, 3.05) is 19.8 Å². The van der Waals surface area contributed by atoms with Gasteiger partial charge >= 0.3 is 12.1 Å². The van der Waals surface area contributed by atoms with Gasteiger partial charge in [-0.1, -0.05) is 30.3 Å². The summed E-state index contributed by atoms with van der Waals surface area (Å²) in [6.07, 6.45) is -0.250. The average Bonchev–Trinajstić information content (AvgIpc) is 2.98.